The molecule has 0 bridgehead atoms. The van der Waals surface area contributed by atoms with Crippen LogP contribution in [0.2, 0.25) is 5.02 Å². The van der Waals surface area contributed by atoms with Crippen molar-refractivity contribution in [2.45, 2.75) is 26.7 Å². The molecule has 1 amide bonds. The molecule has 1 saturated heterocycles. The molecule has 1 aliphatic rings. The summed E-state index contributed by atoms with van der Waals surface area (Å²) in [5.41, 5.74) is 3.37. The Hall–Kier alpha value is -2.05. The zero-order chi connectivity index (χ0) is 18.9. The SMILES string of the molecule is Cc1cccc(C)c1NC(=O)c1cc(N2CCCCS2(=O)=O)ccc1Cl. The molecule has 0 atom stereocenters. The molecule has 0 unspecified atom stereocenters. The third kappa shape index (κ3) is 3.71. The highest BCUT2D eigenvalue weighted by atomic mass is 35.5. The fraction of sp³-hybridized carbons (Fsp3) is 0.316. The van der Waals surface area contributed by atoms with Crippen LogP contribution in [-0.2, 0) is 10.0 Å². The zero-order valence-corrected chi connectivity index (χ0v) is 16.3. The van der Waals surface area contributed by atoms with E-state index in [0.29, 0.717) is 18.7 Å². The third-order valence-corrected chi connectivity index (χ3v) is 6.75. The van der Waals surface area contributed by atoms with Crippen LogP contribution in [0.25, 0.3) is 0 Å². The van der Waals surface area contributed by atoms with Crippen molar-refractivity contribution in [1.29, 1.82) is 0 Å². The molecule has 0 aliphatic carbocycles. The van der Waals surface area contributed by atoms with Crippen LogP contribution in [0.5, 0.6) is 0 Å². The van der Waals surface area contributed by atoms with Gasteiger partial charge in [0.1, 0.15) is 0 Å². The van der Waals surface area contributed by atoms with Gasteiger partial charge in [0, 0.05) is 12.2 Å². The summed E-state index contributed by atoms with van der Waals surface area (Å²) in [6.45, 7) is 4.25. The van der Waals surface area contributed by atoms with E-state index in [4.69, 9.17) is 11.6 Å². The molecule has 0 radical (unpaired) electrons. The zero-order valence-electron chi connectivity index (χ0n) is 14.8. The Morgan fingerprint density at radius 3 is 2.46 bits per heavy atom. The van der Waals surface area contributed by atoms with Gasteiger partial charge in [-0.25, -0.2) is 8.42 Å². The standard InChI is InChI=1S/C19H21ClN2O3S/c1-13-6-5-7-14(2)18(13)21-19(23)16-12-15(8-9-17(16)20)22-10-3-4-11-26(22,24)25/h5-9,12H,3-4,10-11H2,1-2H3,(H,21,23). The maximum Gasteiger partial charge on any atom is 0.257 e. The second-order valence-electron chi connectivity index (χ2n) is 6.48. The average Bonchev–Trinajstić information content (AvgIpc) is 2.58. The van der Waals surface area contributed by atoms with Gasteiger partial charge in [-0.15, -0.1) is 0 Å². The lowest BCUT2D eigenvalue weighted by Gasteiger charge is -2.28. The maximum atomic E-state index is 12.8. The second-order valence-corrected chi connectivity index (χ2v) is 8.90. The molecule has 3 rings (SSSR count). The molecule has 1 heterocycles. The van der Waals surface area contributed by atoms with E-state index in [1.165, 1.54) is 4.31 Å². The summed E-state index contributed by atoms with van der Waals surface area (Å²) in [6, 6.07) is 10.5. The predicted octanol–water partition coefficient (Wildman–Crippen LogP) is 4.14. The fourth-order valence-electron chi connectivity index (χ4n) is 3.11. The van der Waals surface area contributed by atoms with Crippen LogP contribution in [0.4, 0.5) is 11.4 Å². The Labute approximate surface area is 159 Å². The van der Waals surface area contributed by atoms with E-state index in [9.17, 15) is 13.2 Å². The smallest absolute Gasteiger partial charge is 0.257 e. The van der Waals surface area contributed by atoms with E-state index >= 15 is 0 Å². The lowest BCUT2D eigenvalue weighted by molar-refractivity contribution is 0.102. The first-order valence-electron chi connectivity index (χ1n) is 8.47. The van der Waals surface area contributed by atoms with E-state index in [2.05, 4.69) is 5.32 Å². The Morgan fingerprint density at radius 2 is 1.81 bits per heavy atom. The van der Waals surface area contributed by atoms with Gasteiger partial charge in [0.25, 0.3) is 5.91 Å². The van der Waals surface area contributed by atoms with Crippen molar-refractivity contribution < 1.29 is 13.2 Å². The number of rotatable bonds is 3. The van der Waals surface area contributed by atoms with Crippen molar-refractivity contribution in [3.8, 4) is 0 Å². The molecule has 2 aromatic carbocycles. The van der Waals surface area contributed by atoms with Crippen molar-refractivity contribution in [3.63, 3.8) is 0 Å². The number of anilines is 2. The van der Waals surface area contributed by atoms with E-state index in [1.54, 1.807) is 18.2 Å². The number of nitrogens with zero attached hydrogens (tertiary/aromatic N) is 1. The normalized spacial score (nSPS) is 16.3. The molecule has 0 spiro atoms. The van der Waals surface area contributed by atoms with Gasteiger partial charge < -0.3 is 5.32 Å². The lowest BCUT2D eigenvalue weighted by Crippen LogP contribution is -2.38. The number of carbonyl (C=O) groups is 1. The van der Waals surface area contributed by atoms with Gasteiger partial charge in [-0.3, -0.25) is 9.10 Å². The molecule has 138 valence electrons. The first kappa shape index (κ1) is 18.7. The Morgan fingerprint density at radius 1 is 1.12 bits per heavy atom. The molecule has 7 heteroatoms. The van der Waals surface area contributed by atoms with Crippen molar-refractivity contribution in [2.24, 2.45) is 0 Å². The molecule has 0 aromatic heterocycles. The van der Waals surface area contributed by atoms with Crippen LogP contribution in [0.3, 0.4) is 0 Å². The van der Waals surface area contributed by atoms with E-state index < -0.39 is 10.0 Å². The maximum absolute atomic E-state index is 12.8. The molecule has 5 nitrogen and oxygen atoms in total. The molecule has 1 aliphatic heterocycles. The van der Waals surface area contributed by atoms with E-state index in [1.807, 2.05) is 32.0 Å². The monoisotopic (exact) mass is 392 g/mol. The second kappa shape index (κ2) is 7.29. The molecule has 2 aromatic rings. The minimum absolute atomic E-state index is 0.125. The Bertz CT molecular complexity index is 937. The Balaban J connectivity index is 1.94. The van der Waals surface area contributed by atoms with Gasteiger partial charge in [-0.2, -0.15) is 0 Å². The summed E-state index contributed by atoms with van der Waals surface area (Å²) < 4.78 is 26.0. The fourth-order valence-corrected chi connectivity index (χ4v) is 4.95. The minimum Gasteiger partial charge on any atom is -0.321 e. The molecule has 26 heavy (non-hydrogen) atoms. The highest BCUT2D eigenvalue weighted by Crippen LogP contribution is 2.29. The van der Waals surface area contributed by atoms with Gasteiger partial charge in [-0.05, 0) is 56.0 Å². The summed E-state index contributed by atoms with van der Waals surface area (Å²) >= 11 is 6.22. The summed E-state index contributed by atoms with van der Waals surface area (Å²) in [6.07, 6.45) is 1.46. The number of hydrogen-bond donors (Lipinski definition) is 1. The summed E-state index contributed by atoms with van der Waals surface area (Å²) in [5.74, 6) is -0.233. The number of sulfonamides is 1. The van der Waals surface area contributed by atoms with E-state index in [-0.39, 0.29) is 22.2 Å². The summed E-state index contributed by atoms with van der Waals surface area (Å²) in [7, 11) is -3.35. The van der Waals surface area contributed by atoms with Gasteiger partial charge >= 0.3 is 0 Å². The van der Waals surface area contributed by atoms with Gasteiger partial charge in [0.15, 0.2) is 0 Å². The predicted molar refractivity (Wildman–Crippen MR) is 106 cm³/mol. The average molecular weight is 393 g/mol. The number of aryl methyl sites for hydroxylation is 2. The van der Waals surface area contributed by atoms with Crippen LogP contribution in [0.15, 0.2) is 36.4 Å². The van der Waals surface area contributed by atoms with Gasteiger partial charge in [-0.1, -0.05) is 29.8 Å². The Kier molecular flexibility index (Phi) is 5.25. The number of halogens is 1. The lowest BCUT2D eigenvalue weighted by atomic mass is 10.1. The molecule has 0 saturated carbocycles. The van der Waals surface area contributed by atoms with Crippen LogP contribution >= 0.6 is 11.6 Å². The van der Waals surface area contributed by atoms with Crippen LogP contribution in [0.1, 0.15) is 34.3 Å². The number of para-hydroxylation sites is 1. The largest absolute Gasteiger partial charge is 0.321 e. The first-order chi connectivity index (χ1) is 12.3. The highest BCUT2D eigenvalue weighted by molar-refractivity contribution is 7.92. The number of hydrogen-bond acceptors (Lipinski definition) is 3. The third-order valence-electron chi connectivity index (χ3n) is 4.55. The quantitative estimate of drug-likeness (QED) is 0.853. The van der Waals surface area contributed by atoms with Crippen LogP contribution in [-0.4, -0.2) is 26.6 Å². The minimum atomic E-state index is -3.35. The van der Waals surface area contributed by atoms with Crippen molar-refractivity contribution >= 4 is 38.9 Å². The first-order valence-corrected chi connectivity index (χ1v) is 10.5. The van der Waals surface area contributed by atoms with Crippen molar-refractivity contribution in [3.05, 3.63) is 58.1 Å². The number of benzene rings is 2. The molecular formula is C19H21ClN2O3S. The highest BCUT2D eigenvalue weighted by Gasteiger charge is 2.27. The van der Waals surface area contributed by atoms with Crippen LogP contribution in [0, 0.1) is 13.8 Å². The number of carbonyl (C=O) groups excluding carboxylic acids is 1. The van der Waals surface area contributed by atoms with Crippen molar-refractivity contribution in [2.75, 3.05) is 21.9 Å². The number of nitrogens with one attached hydrogen (secondary N) is 1. The molecule has 1 N–H and O–H groups in total. The topological polar surface area (TPSA) is 66.5 Å². The summed E-state index contributed by atoms with van der Waals surface area (Å²) in [4.78, 5) is 12.8. The van der Waals surface area contributed by atoms with E-state index in [0.717, 1.165) is 23.2 Å². The number of amides is 1. The van der Waals surface area contributed by atoms with Crippen molar-refractivity contribution in [1.82, 2.24) is 0 Å². The van der Waals surface area contributed by atoms with Gasteiger partial charge in [0.2, 0.25) is 10.0 Å². The van der Waals surface area contributed by atoms with Gasteiger partial charge in [0.05, 0.1) is 22.0 Å². The summed E-state index contributed by atoms with van der Waals surface area (Å²) in [5, 5.41) is 3.18. The van der Waals surface area contributed by atoms with Crippen LogP contribution < -0.4 is 9.62 Å². The molecular weight excluding hydrogens is 372 g/mol. The molecule has 1 fully saturated rings.